The van der Waals surface area contributed by atoms with Crippen molar-refractivity contribution in [2.24, 2.45) is 0 Å². The standard InChI is InChI=1S/C23H37N3O4/c1-22(2,3)26(17-12-18-10-8-7-9-11-18)20(27)24-30-19-13-15-25(16-14-19)21(28)29-23(4,5)6/h7-11,19H,12-17H2,1-6H3,(H,24,27). The van der Waals surface area contributed by atoms with Crippen LogP contribution in [0.1, 0.15) is 59.9 Å². The maximum absolute atomic E-state index is 12.8. The zero-order valence-corrected chi connectivity index (χ0v) is 19.2. The molecule has 30 heavy (non-hydrogen) atoms. The fraction of sp³-hybridized carbons (Fsp3) is 0.652. The molecule has 0 bridgehead atoms. The van der Waals surface area contributed by atoms with Crippen LogP contribution in [0.3, 0.4) is 0 Å². The number of benzene rings is 1. The van der Waals surface area contributed by atoms with Gasteiger partial charge in [-0.3, -0.25) is 4.84 Å². The number of amides is 3. The highest BCUT2D eigenvalue weighted by Gasteiger charge is 2.30. The minimum Gasteiger partial charge on any atom is -0.444 e. The van der Waals surface area contributed by atoms with Gasteiger partial charge >= 0.3 is 12.1 Å². The lowest BCUT2D eigenvalue weighted by molar-refractivity contribution is -0.0487. The monoisotopic (exact) mass is 419 g/mol. The number of likely N-dealkylation sites (tertiary alicyclic amines) is 1. The summed E-state index contributed by atoms with van der Waals surface area (Å²) in [4.78, 5) is 34.1. The number of urea groups is 1. The number of carbonyl (C=O) groups excluding carboxylic acids is 2. The van der Waals surface area contributed by atoms with Crippen LogP contribution in [0.25, 0.3) is 0 Å². The van der Waals surface area contributed by atoms with Crippen molar-refractivity contribution < 1.29 is 19.2 Å². The smallest absolute Gasteiger partial charge is 0.410 e. The molecule has 1 N–H and O–H groups in total. The van der Waals surface area contributed by atoms with E-state index in [1.54, 1.807) is 9.80 Å². The van der Waals surface area contributed by atoms with E-state index < -0.39 is 5.60 Å². The topological polar surface area (TPSA) is 71.1 Å². The summed E-state index contributed by atoms with van der Waals surface area (Å²) in [5, 5.41) is 0. The summed E-state index contributed by atoms with van der Waals surface area (Å²) in [6.07, 6.45) is 1.66. The predicted molar refractivity (Wildman–Crippen MR) is 117 cm³/mol. The van der Waals surface area contributed by atoms with Crippen LogP contribution in [0.4, 0.5) is 9.59 Å². The molecular weight excluding hydrogens is 382 g/mol. The summed E-state index contributed by atoms with van der Waals surface area (Å²) < 4.78 is 5.41. The van der Waals surface area contributed by atoms with Crippen molar-refractivity contribution in [2.75, 3.05) is 19.6 Å². The number of ether oxygens (including phenoxy) is 1. The van der Waals surface area contributed by atoms with E-state index in [0.29, 0.717) is 32.5 Å². The van der Waals surface area contributed by atoms with E-state index in [0.717, 1.165) is 6.42 Å². The lowest BCUT2D eigenvalue weighted by Gasteiger charge is -2.37. The quantitative estimate of drug-likeness (QED) is 0.720. The summed E-state index contributed by atoms with van der Waals surface area (Å²) in [5.41, 5.74) is 2.98. The van der Waals surface area contributed by atoms with Crippen molar-refractivity contribution in [3.8, 4) is 0 Å². The van der Waals surface area contributed by atoms with Crippen LogP contribution in [0.2, 0.25) is 0 Å². The van der Waals surface area contributed by atoms with Gasteiger partial charge in [-0.2, -0.15) is 0 Å². The summed E-state index contributed by atoms with van der Waals surface area (Å²) in [6, 6.07) is 9.88. The van der Waals surface area contributed by atoms with Crippen LogP contribution in [0, 0.1) is 0 Å². The van der Waals surface area contributed by atoms with Gasteiger partial charge in [-0.1, -0.05) is 30.3 Å². The Bertz CT molecular complexity index is 687. The molecule has 168 valence electrons. The zero-order valence-electron chi connectivity index (χ0n) is 19.2. The summed E-state index contributed by atoms with van der Waals surface area (Å²) in [7, 11) is 0. The number of carbonyl (C=O) groups is 2. The summed E-state index contributed by atoms with van der Waals surface area (Å²) in [6.45, 7) is 13.3. The molecule has 1 heterocycles. The Morgan fingerprint density at radius 2 is 1.67 bits per heavy atom. The molecule has 0 aromatic heterocycles. The van der Waals surface area contributed by atoms with Crippen molar-refractivity contribution in [1.29, 1.82) is 0 Å². The molecule has 0 radical (unpaired) electrons. The molecule has 0 spiro atoms. The fourth-order valence-corrected chi connectivity index (χ4v) is 3.30. The van der Waals surface area contributed by atoms with Gasteiger partial charge in [-0.05, 0) is 66.4 Å². The molecule has 1 fully saturated rings. The van der Waals surface area contributed by atoms with Gasteiger partial charge in [-0.15, -0.1) is 0 Å². The molecule has 1 saturated heterocycles. The predicted octanol–water partition coefficient (Wildman–Crippen LogP) is 4.37. The molecule has 1 aromatic carbocycles. The van der Waals surface area contributed by atoms with Crippen LogP contribution in [-0.4, -0.2) is 58.8 Å². The van der Waals surface area contributed by atoms with E-state index in [1.165, 1.54) is 5.56 Å². The van der Waals surface area contributed by atoms with Crippen LogP contribution >= 0.6 is 0 Å². The molecule has 7 heteroatoms. The van der Waals surface area contributed by atoms with Crippen molar-refractivity contribution in [3.05, 3.63) is 35.9 Å². The first-order valence-electron chi connectivity index (χ1n) is 10.7. The van der Waals surface area contributed by atoms with E-state index in [4.69, 9.17) is 9.57 Å². The Balaban J connectivity index is 1.80. The molecule has 0 unspecified atom stereocenters. The Morgan fingerprint density at radius 1 is 1.07 bits per heavy atom. The molecular formula is C23H37N3O4. The first-order valence-corrected chi connectivity index (χ1v) is 10.7. The van der Waals surface area contributed by atoms with E-state index >= 15 is 0 Å². The van der Waals surface area contributed by atoms with Gasteiger partial charge in [0.1, 0.15) is 5.60 Å². The Labute approximate surface area is 180 Å². The van der Waals surface area contributed by atoms with Crippen LogP contribution in [-0.2, 0) is 16.0 Å². The van der Waals surface area contributed by atoms with Gasteiger partial charge < -0.3 is 14.5 Å². The number of nitrogens with zero attached hydrogens (tertiary/aromatic N) is 2. The SMILES string of the molecule is CC(C)(C)OC(=O)N1CCC(ONC(=O)N(CCc2ccccc2)C(C)(C)C)CC1. The van der Waals surface area contributed by atoms with Crippen LogP contribution in [0.5, 0.6) is 0 Å². The Morgan fingerprint density at radius 3 is 2.20 bits per heavy atom. The number of piperidine rings is 1. The average molecular weight is 420 g/mol. The number of rotatable bonds is 5. The maximum Gasteiger partial charge on any atom is 0.410 e. The molecule has 0 saturated carbocycles. The molecule has 0 atom stereocenters. The minimum atomic E-state index is -0.505. The zero-order chi connectivity index (χ0) is 22.4. The van der Waals surface area contributed by atoms with E-state index in [1.807, 2.05) is 59.7 Å². The number of hydrogen-bond acceptors (Lipinski definition) is 4. The highest BCUT2D eigenvalue weighted by atomic mass is 16.7. The first kappa shape index (κ1) is 24.0. The molecule has 1 aliphatic rings. The summed E-state index contributed by atoms with van der Waals surface area (Å²) in [5.74, 6) is 0. The molecule has 2 rings (SSSR count). The Hall–Kier alpha value is -2.28. The number of hydrogen-bond donors (Lipinski definition) is 1. The van der Waals surface area contributed by atoms with Crippen molar-refractivity contribution >= 4 is 12.1 Å². The molecule has 1 aliphatic heterocycles. The molecule has 1 aromatic rings. The highest BCUT2D eigenvalue weighted by Crippen LogP contribution is 2.18. The molecule has 0 aliphatic carbocycles. The van der Waals surface area contributed by atoms with Gasteiger partial charge in [0, 0.05) is 25.2 Å². The third kappa shape index (κ3) is 7.86. The van der Waals surface area contributed by atoms with Gasteiger partial charge in [0.2, 0.25) is 0 Å². The van der Waals surface area contributed by atoms with Crippen LogP contribution < -0.4 is 5.48 Å². The van der Waals surface area contributed by atoms with Gasteiger partial charge in [0.15, 0.2) is 0 Å². The van der Waals surface area contributed by atoms with Gasteiger partial charge in [0.25, 0.3) is 0 Å². The minimum absolute atomic E-state index is 0.122. The normalized spacial score (nSPS) is 15.6. The number of hydroxylamine groups is 1. The third-order valence-corrected chi connectivity index (χ3v) is 4.93. The Kier molecular flexibility index (Phi) is 8.12. The van der Waals surface area contributed by atoms with E-state index in [-0.39, 0.29) is 23.8 Å². The van der Waals surface area contributed by atoms with Gasteiger partial charge in [-0.25, -0.2) is 15.1 Å². The summed E-state index contributed by atoms with van der Waals surface area (Å²) >= 11 is 0. The lowest BCUT2D eigenvalue weighted by Crippen LogP contribution is -2.52. The van der Waals surface area contributed by atoms with Gasteiger partial charge in [0.05, 0.1) is 6.10 Å². The second-order valence-electron chi connectivity index (χ2n) is 9.75. The van der Waals surface area contributed by atoms with Crippen molar-refractivity contribution in [1.82, 2.24) is 15.3 Å². The largest absolute Gasteiger partial charge is 0.444 e. The average Bonchev–Trinajstić information content (AvgIpc) is 2.65. The van der Waals surface area contributed by atoms with Crippen molar-refractivity contribution in [2.45, 2.75) is 78.0 Å². The number of nitrogens with one attached hydrogen (secondary N) is 1. The maximum atomic E-state index is 12.8. The second-order valence-corrected chi connectivity index (χ2v) is 9.75. The molecule has 7 nitrogen and oxygen atoms in total. The lowest BCUT2D eigenvalue weighted by atomic mass is 10.0. The van der Waals surface area contributed by atoms with Crippen molar-refractivity contribution in [3.63, 3.8) is 0 Å². The first-order chi connectivity index (χ1) is 14.0. The van der Waals surface area contributed by atoms with E-state index in [9.17, 15) is 9.59 Å². The van der Waals surface area contributed by atoms with E-state index in [2.05, 4.69) is 17.6 Å². The highest BCUT2D eigenvalue weighted by molar-refractivity contribution is 5.74. The molecule has 3 amide bonds. The third-order valence-electron chi connectivity index (χ3n) is 4.93. The van der Waals surface area contributed by atoms with Crippen LogP contribution in [0.15, 0.2) is 30.3 Å². The second kappa shape index (κ2) is 10.2. The fourth-order valence-electron chi connectivity index (χ4n) is 3.30.